The van der Waals surface area contributed by atoms with E-state index in [2.05, 4.69) is 10.3 Å². The predicted molar refractivity (Wildman–Crippen MR) is 109 cm³/mol. The molecule has 1 saturated heterocycles. The molecule has 1 aliphatic rings. The summed E-state index contributed by atoms with van der Waals surface area (Å²) in [5, 5.41) is 6.24. The molecule has 2 heterocycles. The summed E-state index contributed by atoms with van der Waals surface area (Å²) in [6, 6.07) is 17.9. The number of amides is 1. The van der Waals surface area contributed by atoms with Crippen molar-refractivity contribution in [3.8, 4) is 11.3 Å². The van der Waals surface area contributed by atoms with Crippen LogP contribution in [0, 0.1) is 6.92 Å². The van der Waals surface area contributed by atoms with Gasteiger partial charge < -0.3 is 10.1 Å². The van der Waals surface area contributed by atoms with Crippen LogP contribution in [0.2, 0.25) is 0 Å². The molecule has 0 atom stereocenters. The van der Waals surface area contributed by atoms with Crippen LogP contribution in [-0.4, -0.2) is 24.1 Å². The van der Waals surface area contributed by atoms with Gasteiger partial charge >= 0.3 is 0 Å². The number of aryl methyl sites for hydroxylation is 1. The number of hydrogen-bond acceptors (Lipinski definition) is 4. The summed E-state index contributed by atoms with van der Waals surface area (Å²) in [6.07, 6.45) is 1.36. The first-order valence-electron chi connectivity index (χ1n) is 9.15. The molecule has 0 bridgehead atoms. The van der Waals surface area contributed by atoms with Crippen LogP contribution >= 0.6 is 11.3 Å². The van der Waals surface area contributed by atoms with Crippen molar-refractivity contribution in [1.29, 1.82) is 0 Å². The zero-order valence-corrected chi connectivity index (χ0v) is 16.1. The van der Waals surface area contributed by atoms with Crippen LogP contribution in [0.3, 0.4) is 0 Å². The molecule has 5 heteroatoms. The molecule has 1 aliphatic heterocycles. The van der Waals surface area contributed by atoms with Gasteiger partial charge in [-0.25, -0.2) is 4.98 Å². The molecular weight excluding hydrogens is 356 g/mol. The van der Waals surface area contributed by atoms with Crippen molar-refractivity contribution in [3.63, 3.8) is 0 Å². The summed E-state index contributed by atoms with van der Waals surface area (Å²) in [6.45, 7) is 3.17. The van der Waals surface area contributed by atoms with Crippen molar-refractivity contribution in [1.82, 2.24) is 4.98 Å². The van der Waals surface area contributed by atoms with Gasteiger partial charge in [0, 0.05) is 24.2 Å². The Bertz CT molecular complexity index is 930. The van der Waals surface area contributed by atoms with E-state index in [9.17, 15) is 4.79 Å². The average molecular weight is 378 g/mol. The number of para-hydroxylation sites is 1. The van der Waals surface area contributed by atoms with Crippen LogP contribution in [-0.2, 0) is 14.9 Å². The zero-order chi connectivity index (χ0) is 18.7. The first kappa shape index (κ1) is 17.9. The first-order valence-corrected chi connectivity index (χ1v) is 10.0. The molecule has 138 valence electrons. The fourth-order valence-corrected chi connectivity index (χ4v) is 4.28. The highest BCUT2D eigenvalue weighted by atomic mass is 32.1. The van der Waals surface area contributed by atoms with E-state index >= 15 is 0 Å². The standard InChI is InChI=1S/C22H22N2O2S/c1-16-23-20(15-27-16)18-9-5-6-10-19(18)24-21(25)22(11-13-26-14-12-22)17-7-3-2-4-8-17/h2-10,15H,11-14H2,1H3,(H,24,25). The first-order chi connectivity index (χ1) is 13.2. The quantitative estimate of drug-likeness (QED) is 0.709. The molecular formula is C22H22N2O2S. The molecule has 1 N–H and O–H groups in total. The average Bonchev–Trinajstić information content (AvgIpc) is 3.15. The lowest BCUT2D eigenvalue weighted by Crippen LogP contribution is -2.44. The zero-order valence-electron chi connectivity index (χ0n) is 15.3. The minimum atomic E-state index is -0.565. The van der Waals surface area contributed by atoms with Gasteiger partial charge in [-0.15, -0.1) is 11.3 Å². The SMILES string of the molecule is Cc1nc(-c2ccccc2NC(=O)C2(c3ccccc3)CCOCC2)cs1. The maximum Gasteiger partial charge on any atom is 0.235 e. The smallest absolute Gasteiger partial charge is 0.235 e. The number of nitrogens with one attached hydrogen (secondary N) is 1. The maximum atomic E-state index is 13.5. The molecule has 1 amide bonds. The van der Waals surface area contributed by atoms with E-state index in [0.717, 1.165) is 27.5 Å². The summed E-state index contributed by atoms with van der Waals surface area (Å²) >= 11 is 1.61. The van der Waals surface area contributed by atoms with E-state index in [0.29, 0.717) is 26.1 Å². The minimum absolute atomic E-state index is 0.0244. The highest BCUT2D eigenvalue weighted by Crippen LogP contribution is 2.37. The number of hydrogen-bond donors (Lipinski definition) is 1. The second kappa shape index (κ2) is 7.62. The number of ether oxygens (including phenoxy) is 1. The van der Waals surface area contributed by atoms with Gasteiger partial charge in [0.25, 0.3) is 0 Å². The molecule has 1 fully saturated rings. The summed E-state index contributed by atoms with van der Waals surface area (Å²) in [4.78, 5) is 18.1. The molecule has 27 heavy (non-hydrogen) atoms. The Balaban J connectivity index is 1.69. The third kappa shape index (κ3) is 3.53. The number of carbonyl (C=O) groups is 1. The van der Waals surface area contributed by atoms with Crippen LogP contribution < -0.4 is 5.32 Å². The fourth-order valence-electron chi connectivity index (χ4n) is 3.67. The minimum Gasteiger partial charge on any atom is -0.381 e. The van der Waals surface area contributed by atoms with Gasteiger partial charge in [-0.3, -0.25) is 4.79 Å². The van der Waals surface area contributed by atoms with Gasteiger partial charge in [0.2, 0.25) is 5.91 Å². The lowest BCUT2D eigenvalue weighted by molar-refractivity contribution is -0.125. The number of benzene rings is 2. The van der Waals surface area contributed by atoms with Crippen LogP contribution in [0.1, 0.15) is 23.4 Å². The Morgan fingerprint density at radius 2 is 1.78 bits per heavy atom. The molecule has 0 aliphatic carbocycles. The fraction of sp³-hybridized carbons (Fsp3) is 0.273. The molecule has 2 aromatic carbocycles. The van der Waals surface area contributed by atoms with Gasteiger partial charge in [0.1, 0.15) is 0 Å². The number of rotatable bonds is 4. The summed E-state index contributed by atoms with van der Waals surface area (Å²) in [5.41, 5.74) is 3.13. The number of aromatic nitrogens is 1. The second-order valence-electron chi connectivity index (χ2n) is 6.81. The van der Waals surface area contributed by atoms with Crippen LogP contribution in [0.5, 0.6) is 0 Å². The Kier molecular flexibility index (Phi) is 5.05. The summed E-state index contributed by atoms with van der Waals surface area (Å²) in [7, 11) is 0. The maximum absolute atomic E-state index is 13.5. The molecule has 1 aromatic heterocycles. The van der Waals surface area contributed by atoms with Crippen molar-refractivity contribution in [2.45, 2.75) is 25.2 Å². The van der Waals surface area contributed by atoms with E-state index in [1.165, 1.54) is 0 Å². The highest BCUT2D eigenvalue weighted by molar-refractivity contribution is 7.09. The molecule has 0 saturated carbocycles. The number of thiazole rings is 1. The third-order valence-electron chi connectivity index (χ3n) is 5.18. The number of anilines is 1. The monoisotopic (exact) mass is 378 g/mol. The van der Waals surface area contributed by atoms with Crippen molar-refractivity contribution < 1.29 is 9.53 Å². The molecule has 0 unspecified atom stereocenters. The Morgan fingerprint density at radius 1 is 1.07 bits per heavy atom. The lowest BCUT2D eigenvalue weighted by atomic mass is 9.73. The summed E-state index contributed by atoms with van der Waals surface area (Å²) in [5.74, 6) is 0.0244. The molecule has 3 aromatic rings. The molecule has 4 rings (SSSR count). The number of nitrogens with zero attached hydrogens (tertiary/aromatic N) is 1. The predicted octanol–water partition coefficient (Wildman–Crippen LogP) is 4.81. The van der Waals surface area contributed by atoms with Crippen molar-refractivity contribution in [2.75, 3.05) is 18.5 Å². The van der Waals surface area contributed by atoms with E-state index < -0.39 is 5.41 Å². The van der Waals surface area contributed by atoms with Gasteiger partial charge in [0.05, 0.1) is 21.8 Å². The number of carbonyl (C=O) groups excluding carboxylic acids is 1. The topological polar surface area (TPSA) is 51.2 Å². The third-order valence-corrected chi connectivity index (χ3v) is 5.95. The van der Waals surface area contributed by atoms with Crippen LogP contribution in [0.25, 0.3) is 11.3 Å². The molecule has 0 radical (unpaired) electrons. The van der Waals surface area contributed by atoms with Crippen molar-refractivity contribution in [2.24, 2.45) is 0 Å². The highest BCUT2D eigenvalue weighted by Gasteiger charge is 2.41. The van der Waals surface area contributed by atoms with Gasteiger partial charge in [-0.05, 0) is 31.4 Å². The molecule has 0 spiro atoms. The van der Waals surface area contributed by atoms with Gasteiger partial charge in [-0.2, -0.15) is 0 Å². The van der Waals surface area contributed by atoms with E-state index in [4.69, 9.17) is 4.74 Å². The Hall–Kier alpha value is -2.50. The van der Waals surface area contributed by atoms with E-state index in [-0.39, 0.29) is 5.91 Å². The van der Waals surface area contributed by atoms with Crippen molar-refractivity contribution in [3.05, 3.63) is 70.5 Å². The van der Waals surface area contributed by atoms with Crippen LogP contribution in [0.4, 0.5) is 5.69 Å². The van der Waals surface area contributed by atoms with Gasteiger partial charge in [0.15, 0.2) is 0 Å². The van der Waals surface area contributed by atoms with E-state index in [1.807, 2.05) is 66.9 Å². The lowest BCUT2D eigenvalue weighted by Gasteiger charge is -2.36. The van der Waals surface area contributed by atoms with Gasteiger partial charge in [-0.1, -0.05) is 48.5 Å². The van der Waals surface area contributed by atoms with Crippen molar-refractivity contribution >= 4 is 22.9 Å². The summed E-state index contributed by atoms with van der Waals surface area (Å²) < 4.78 is 5.55. The largest absolute Gasteiger partial charge is 0.381 e. The Morgan fingerprint density at radius 3 is 2.48 bits per heavy atom. The second-order valence-corrected chi connectivity index (χ2v) is 7.87. The Labute approximate surface area is 163 Å². The van der Waals surface area contributed by atoms with E-state index in [1.54, 1.807) is 11.3 Å². The van der Waals surface area contributed by atoms with Crippen LogP contribution in [0.15, 0.2) is 60.0 Å². The normalized spacial score (nSPS) is 16.0. The molecule has 4 nitrogen and oxygen atoms in total.